The lowest BCUT2D eigenvalue weighted by atomic mass is 10.2. The average molecular weight is 333 g/mol. The first-order valence-corrected chi connectivity index (χ1v) is 12.2. The van der Waals surface area contributed by atoms with Crippen molar-refractivity contribution in [3.05, 3.63) is 24.4 Å². The summed E-state index contributed by atoms with van der Waals surface area (Å²) in [6.45, 7) is 12.7. The highest BCUT2D eigenvalue weighted by Crippen LogP contribution is 2.22. The van der Waals surface area contributed by atoms with Crippen LogP contribution in [0.25, 0.3) is 10.9 Å². The Labute approximate surface area is 139 Å². The van der Waals surface area contributed by atoms with Gasteiger partial charge in [-0.05, 0) is 24.2 Å². The van der Waals surface area contributed by atoms with Crippen molar-refractivity contribution in [1.82, 2.24) is 15.1 Å². The number of benzene rings is 1. The molecule has 1 saturated heterocycles. The number of rotatable bonds is 6. The zero-order chi connectivity index (χ0) is 16.3. The van der Waals surface area contributed by atoms with Crippen LogP contribution in [0.5, 0.6) is 0 Å². The van der Waals surface area contributed by atoms with Crippen molar-refractivity contribution in [3.8, 4) is 0 Å². The molecule has 1 aliphatic heterocycles. The fraction of sp³-hybridized carbons (Fsp3) is 0.588. The summed E-state index contributed by atoms with van der Waals surface area (Å²) in [7, 11) is -1.03. The molecule has 0 aliphatic carbocycles. The second-order valence-electron chi connectivity index (χ2n) is 7.47. The number of aromatic nitrogens is 2. The van der Waals surface area contributed by atoms with Gasteiger partial charge in [-0.15, -0.1) is 0 Å². The van der Waals surface area contributed by atoms with E-state index in [4.69, 9.17) is 4.74 Å². The molecule has 0 amide bonds. The average Bonchev–Trinajstić information content (AvgIpc) is 2.94. The van der Waals surface area contributed by atoms with E-state index < -0.39 is 8.07 Å². The van der Waals surface area contributed by atoms with Crippen LogP contribution in [-0.4, -0.2) is 50.6 Å². The van der Waals surface area contributed by atoms with Crippen LogP contribution in [-0.2, 0) is 11.5 Å². The second kappa shape index (κ2) is 7.03. The fourth-order valence-electron chi connectivity index (χ4n) is 2.81. The Bertz CT molecular complexity index is 644. The zero-order valence-corrected chi connectivity index (χ0v) is 15.5. The number of nitrogens with zero attached hydrogens (tertiary/aromatic N) is 3. The molecule has 1 N–H and O–H groups in total. The zero-order valence-electron chi connectivity index (χ0n) is 14.5. The maximum atomic E-state index is 5.86. The van der Waals surface area contributed by atoms with Crippen molar-refractivity contribution in [3.63, 3.8) is 0 Å². The largest absolute Gasteiger partial charge is 0.369 e. The minimum absolute atomic E-state index is 0.541. The summed E-state index contributed by atoms with van der Waals surface area (Å²) >= 11 is 0. The molecule has 0 radical (unpaired) electrons. The number of piperazine rings is 1. The Morgan fingerprint density at radius 3 is 2.74 bits per heavy atom. The Morgan fingerprint density at radius 2 is 2.00 bits per heavy atom. The van der Waals surface area contributed by atoms with Gasteiger partial charge in [0.25, 0.3) is 0 Å². The van der Waals surface area contributed by atoms with Gasteiger partial charge in [0.05, 0.1) is 11.7 Å². The first kappa shape index (κ1) is 16.5. The third-order valence-electron chi connectivity index (χ3n) is 4.32. The van der Waals surface area contributed by atoms with Crippen LogP contribution in [0, 0.1) is 0 Å². The van der Waals surface area contributed by atoms with Gasteiger partial charge < -0.3 is 15.0 Å². The van der Waals surface area contributed by atoms with E-state index in [0.717, 1.165) is 38.3 Å². The molecule has 0 bridgehead atoms. The van der Waals surface area contributed by atoms with Crippen LogP contribution >= 0.6 is 0 Å². The smallest absolute Gasteiger partial charge is 0.139 e. The minimum atomic E-state index is -1.03. The van der Waals surface area contributed by atoms with Crippen molar-refractivity contribution in [2.45, 2.75) is 32.4 Å². The van der Waals surface area contributed by atoms with Crippen molar-refractivity contribution < 1.29 is 4.74 Å². The van der Waals surface area contributed by atoms with Crippen LogP contribution in [0.3, 0.4) is 0 Å². The number of ether oxygens (including phenoxy) is 1. The molecule has 1 aliphatic rings. The number of anilines is 1. The molecule has 1 aromatic heterocycles. The molecule has 0 saturated carbocycles. The van der Waals surface area contributed by atoms with Crippen LogP contribution in [0.15, 0.2) is 24.4 Å². The molecule has 1 fully saturated rings. The standard InChI is InChI=1S/C17H28N4OSi/c1-23(2,3)11-10-22-14-21-17-12-16(5-4-15(17)13-19-21)20-8-6-18-7-9-20/h4-5,12-13,18H,6-11,14H2,1-3H3. The van der Waals surface area contributed by atoms with Gasteiger partial charge in [-0.1, -0.05) is 19.6 Å². The summed E-state index contributed by atoms with van der Waals surface area (Å²) in [5, 5.41) is 9.06. The fourth-order valence-corrected chi connectivity index (χ4v) is 3.57. The SMILES string of the molecule is C[Si](C)(C)CCOCn1ncc2ccc(N3CCNCC3)cc21. The lowest BCUT2D eigenvalue weighted by Gasteiger charge is -2.29. The van der Waals surface area contributed by atoms with Crippen molar-refractivity contribution >= 4 is 24.7 Å². The van der Waals surface area contributed by atoms with E-state index in [9.17, 15) is 0 Å². The van der Waals surface area contributed by atoms with Gasteiger partial charge in [0, 0.05) is 51.9 Å². The van der Waals surface area contributed by atoms with Crippen molar-refractivity contribution in [1.29, 1.82) is 0 Å². The Balaban J connectivity index is 1.68. The lowest BCUT2D eigenvalue weighted by Crippen LogP contribution is -2.43. The number of fused-ring (bicyclic) bond motifs is 1. The number of hydrogen-bond donors (Lipinski definition) is 1. The highest BCUT2D eigenvalue weighted by Gasteiger charge is 2.14. The monoisotopic (exact) mass is 332 g/mol. The maximum Gasteiger partial charge on any atom is 0.139 e. The molecule has 2 aromatic rings. The van der Waals surface area contributed by atoms with Gasteiger partial charge in [-0.2, -0.15) is 5.10 Å². The molecule has 0 unspecified atom stereocenters. The van der Waals surface area contributed by atoms with Gasteiger partial charge in [0.15, 0.2) is 0 Å². The molecule has 126 valence electrons. The molecule has 3 rings (SSSR count). The van der Waals surface area contributed by atoms with E-state index in [2.05, 4.69) is 53.2 Å². The third-order valence-corrected chi connectivity index (χ3v) is 6.02. The molecule has 2 heterocycles. The molecule has 5 nitrogen and oxygen atoms in total. The Kier molecular flexibility index (Phi) is 5.04. The van der Waals surface area contributed by atoms with Gasteiger partial charge in [-0.3, -0.25) is 0 Å². The van der Waals surface area contributed by atoms with E-state index in [1.165, 1.54) is 17.1 Å². The van der Waals surface area contributed by atoms with Crippen molar-refractivity contribution in [2.75, 3.05) is 37.7 Å². The first-order chi connectivity index (χ1) is 11.0. The van der Waals surface area contributed by atoms with E-state index >= 15 is 0 Å². The van der Waals surface area contributed by atoms with Crippen molar-refractivity contribution in [2.24, 2.45) is 0 Å². The van der Waals surface area contributed by atoms with E-state index in [1.807, 2.05) is 10.9 Å². The molecule has 1 aromatic carbocycles. The van der Waals surface area contributed by atoms with E-state index in [0.29, 0.717) is 6.73 Å². The number of hydrogen-bond acceptors (Lipinski definition) is 4. The normalized spacial score (nSPS) is 16.2. The quantitative estimate of drug-likeness (QED) is 0.652. The first-order valence-electron chi connectivity index (χ1n) is 8.52. The Hall–Kier alpha value is -1.37. The molecular formula is C17H28N4OSi. The number of nitrogens with one attached hydrogen (secondary N) is 1. The predicted molar refractivity (Wildman–Crippen MR) is 98.9 cm³/mol. The summed E-state index contributed by atoms with van der Waals surface area (Å²) in [6.07, 6.45) is 1.93. The van der Waals surface area contributed by atoms with Gasteiger partial charge in [0.2, 0.25) is 0 Å². The highest BCUT2D eigenvalue weighted by atomic mass is 28.3. The molecule has 0 atom stereocenters. The van der Waals surface area contributed by atoms with Gasteiger partial charge in [0.1, 0.15) is 6.73 Å². The summed E-state index contributed by atoms with van der Waals surface area (Å²) < 4.78 is 7.84. The second-order valence-corrected chi connectivity index (χ2v) is 13.1. The molecule has 6 heteroatoms. The summed E-state index contributed by atoms with van der Waals surface area (Å²) in [4.78, 5) is 2.43. The van der Waals surface area contributed by atoms with E-state index in [1.54, 1.807) is 0 Å². The Morgan fingerprint density at radius 1 is 1.22 bits per heavy atom. The third kappa shape index (κ3) is 4.34. The van der Waals surface area contributed by atoms with Crippen LogP contribution in [0.4, 0.5) is 5.69 Å². The van der Waals surface area contributed by atoms with Crippen LogP contribution in [0.2, 0.25) is 25.7 Å². The van der Waals surface area contributed by atoms with Gasteiger partial charge >= 0.3 is 0 Å². The maximum absolute atomic E-state index is 5.86. The summed E-state index contributed by atoms with van der Waals surface area (Å²) in [5.41, 5.74) is 2.44. The van der Waals surface area contributed by atoms with Crippen LogP contribution < -0.4 is 10.2 Å². The molecule has 0 spiro atoms. The topological polar surface area (TPSA) is 42.3 Å². The molecule has 23 heavy (non-hydrogen) atoms. The molecular weight excluding hydrogens is 304 g/mol. The van der Waals surface area contributed by atoms with E-state index in [-0.39, 0.29) is 0 Å². The predicted octanol–water partition coefficient (Wildman–Crippen LogP) is 2.76. The van der Waals surface area contributed by atoms with Crippen LogP contribution in [0.1, 0.15) is 0 Å². The highest BCUT2D eigenvalue weighted by molar-refractivity contribution is 6.76. The minimum Gasteiger partial charge on any atom is -0.369 e. The van der Waals surface area contributed by atoms with Gasteiger partial charge in [-0.25, -0.2) is 4.68 Å². The summed E-state index contributed by atoms with van der Waals surface area (Å²) in [6, 6.07) is 7.80. The summed E-state index contributed by atoms with van der Waals surface area (Å²) in [5.74, 6) is 0. The lowest BCUT2D eigenvalue weighted by molar-refractivity contribution is 0.0817.